The number of carbonyl (C=O) groups excluding carboxylic acids is 3. The van der Waals surface area contributed by atoms with Crippen molar-refractivity contribution < 1.29 is 23.9 Å². The monoisotopic (exact) mass is 556 g/mol. The van der Waals surface area contributed by atoms with Gasteiger partial charge in [-0.3, -0.25) is 19.3 Å². The molecular formula is C27H22Cl2N2O5S. The normalized spacial score (nSPS) is 14.2. The quantitative estimate of drug-likeness (QED) is 0.297. The van der Waals surface area contributed by atoms with E-state index in [1.807, 2.05) is 37.3 Å². The molecule has 3 amide bonds. The third-order valence-electron chi connectivity index (χ3n) is 5.18. The maximum absolute atomic E-state index is 12.9. The number of para-hydroxylation sites is 1. The first-order chi connectivity index (χ1) is 17.9. The average Bonchev–Trinajstić information content (AvgIpc) is 3.13. The zero-order chi connectivity index (χ0) is 26.4. The average molecular weight is 557 g/mol. The van der Waals surface area contributed by atoms with Crippen LogP contribution in [0.1, 0.15) is 18.1 Å². The van der Waals surface area contributed by atoms with Crippen molar-refractivity contribution in [2.75, 3.05) is 18.5 Å². The van der Waals surface area contributed by atoms with Crippen molar-refractivity contribution in [3.63, 3.8) is 0 Å². The van der Waals surface area contributed by atoms with Gasteiger partial charge in [-0.25, -0.2) is 0 Å². The summed E-state index contributed by atoms with van der Waals surface area (Å²) in [7, 11) is 0. The van der Waals surface area contributed by atoms with Crippen LogP contribution >= 0.6 is 35.0 Å². The number of halogens is 2. The van der Waals surface area contributed by atoms with E-state index >= 15 is 0 Å². The molecule has 7 nitrogen and oxygen atoms in total. The first-order valence-corrected chi connectivity index (χ1v) is 12.9. The van der Waals surface area contributed by atoms with Gasteiger partial charge >= 0.3 is 0 Å². The fourth-order valence-electron chi connectivity index (χ4n) is 3.49. The highest BCUT2D eigenvalue weighted by Gasteiger charge is 2.36. The van der Waals surface area contributed by atoms with Gasteiger partial charge in [0.25, 0.3) is 11.1 Å². The van der Waals surface area contributed by atoms with Gasteiger partial charge in [0, 0.05) is 0 Å². The molecule has 0 unspecified atom stereocenters. The fraction of sp³-hybridized carbons (Fsp3) is 0.148. The molecule has 37 heavy (non-hydrogen) atoms. The summed E-state index contributed by atoms with van der Waals surface area (Å²) < 4.78 is 11.6. The molecule has 1 aliphatic rings. The molecule has 0 aliphatic carbocycles. The number of hydrogen-bond acceptors (Lipinski definition) is 6. The lowest BCUT2D eigenvalue weighted by Crippen LogP contribution is -2.36. The predicted molar refractivity (Wildman–Crippen MR) is 146 cm³/mol. The first kappa shape index (κ1) is 26.6. The van der Waals surface area contributed by atoms with Gasteiger partial charge in [-0.05, 0) is 60.2 Å². The molecule has 10 heteroatoms. The van der Waals surface area contributed by atoms with Crippen LogP contribution in [0.3, 0.4) is 0 Å². The van der Waals surface area contributed by atoms with E-state index in [2.05, 4.69) is 5.32 Å². The minimum Gasteiger partial charge on any atom is -0.490 e. The molecule has 1 saturated heterocycles. The molecular weight excluding hydrogens is 535 g/mol. The zero-order valence-electron chi connectivity index (χ0n) is 19.7. The second-order valence-corrected chi connectivity index (χ2v) is 9.64. The van der Waals surface area contributed by atoms with E-state index in [9.17, 15) is 14.4 Å². The van der Waals surface area contributed by atoms with Crippen LogP contribution in [-0.2, 0) is 16.2 Å². The Kier molecular flexibility index (Phi) is 8.76. The van der Waals surface area contributed by atoms with Crippen molar-refractivity contribution in [2.24, 2.45) is 0 Å². The molecule has 0 spiro atoms. The molecule has 3 aromatic rings. The number of carbonyl (C=O) groups is 3. The number of nitrogens with one attached hydrogen (secondary N) is 1. The van der Waals surface area contributed by atoms with E-state index in [4.69, 9.17) is 32.7 Å². The maximum atomic E-state index is 12.9. The van der Waals surface area contributed by atoms with Crippen molar-refractivity contribution in [3.05, 3.63) is 92.8 Å². The molecule has 0 atom stereocenters. The summed E-state index contributed by atoms with van der Waals surface area (Å²) >= 11 is 13.3. The number of anilines is 1. The summed E-state index contributed by atoms with van der Waals surface area (Å²) in [4.78, 5) is 38.9. The number of ether oxygens (including phenoxy) is 2. The van der Waals surface area contributed by atoms with E-state index < -0.39 is 23.6 Å². The number of benzene rings is 3. The SMILES string of the molecule is CCOc1cc(/C=C2/SC(=O)N(CC(=O)Nc3ccccc3Cl)C2=O)cc(Cl)c1OCc1ccccc1. The highest BCUT2D eigenvalue weighted by Crippen LogP contribution is 2.39. The van der Waals surface area contributed by atoms with Gasteiger partial charge in [-0.15, -0.1) is 0 Å². The summed E-state index contributed by atoms with van der Waals surface area (Å²) in [6.45, 7) is 2.07. The Morgan fingerprint density at radius 2 is 1.73 bits per heavy atom. The lowest BCUT2D eigenvalue weighted by atomic mass is 10.1. The second-order valence-electron chi connectivity index (χ2n) is 7.83. The Hall–Kier alpha value is -3.46. The van der Waals surface area contributed by atoms with E-state index in [-0.39, 0.29) is 4.91 Å². The van der Waals surface area contributed by atoms with Gasteiger partial charge in [0.05, 0.1) is 27.2 Å². The van der Waals surface area contributed by atoms with E-state index in [0.29, 0.717) is 46.0 Å². The molecule has 0 bridgehead atoms. The van der Waals surface area contributed by atoms with Gasteiger partial charge in [0.15, 0.2) is 11.5 Å². The Bertz CT molecular complexity index is 1360. The molecule has 1 aliphatic heterocycles. The van der Waals surface area contributed by atoms with E-state index in [1.54, 1.807) is 36.4 Å². The minimum atomic E-state index is -0.581. The summed E-state index contributed by atoms with van der Waals surface area (Å²) in [5.41, 5.74) is 1.91. The Labute approximate surface area is 228 Å². The standard InChI is InChI=1S/C27H22Cl2N2O5S/c1-2-35-22-13-18(12-20(29)25(22)36-16-17-8-4-3-5-9-17)14-23-26(33)31(27(34)37-23)15-24(32)30-21-11-7-6-10-19(21)28/h3-14H,2,15-16H2,1H3,(H,30,32)/b23-14+. The van der Waals surface area contributed by atoms with Crippen LogP contribution in [0.2, 0.25) is 10.0 Å². The van der Waals surface area contributed by atoms with E-state index in [0.717, 1.165) is 22.2 Å². The Morgan fingerprint density at radius 3 is 2.46 bits per heavy atom. The maximum Gasteiger partial charge on any atom is 0.294 e. The number of imide groups is 1. The van der Waals surface area contributed by atoms with Crippen molar-refractivity contribution in [2.45, 2.75) is 13.5 Å². The van der Waals surface area contributed by atoms with Crippen LogP contribution in [-0.4, -0.2) is 35.1 Å². The fourth-order valence-corrected chi connectivity index (χ4v) is 4.78. The van der Waals surface area contributed by atoms with Crippen LogP contribution in [0.25, 0.3) is 6.08 Å². The summed E-state index contributed by atoms with van der Waals surface area (Å²) in [6, 6.07) is 19.6. The Balaban J connectivity index is 1.49. The minimum absolute atomic E-state index is 0.159. The number of rotatable bonds is 9. The predicted octanol–water partition coefficient (Wildman–Crippen LogP) is 6.65. The van der Waals surface area contributed by atoms with E-state index in [1.165, 1.54) is 6.08 Å². The third-order valence-corrected chi connectivity index (χ3v) is 6.70. The van der Waals surface area contributed by atoms with Gasteiger partial charge in [-0.2, -0.15) is 0 Å². The molecule has 1 heterocycles. The summed E-state index contributed by atoms with van der Waals surface area (Å²) in [5.74, 6) is -0.328. The number of thioether (sulfide) groups is 1. The molecule has 1 N–H and O–H groups in total. The van der Waals surface area contributed by atoms with Crippen LogP contribution in [0.15, 0.2) is 71.6 Å². The van der Waals surface area contributed by atoms with Gasteiger partial charge in [0.1, 0.15) is 13.2 Å². The number of nitrogens with zero attached hydrogens (tertiary/aromatic N) is 1. The lowest BCUT2D eigenvalue weighted by Gasteiger charge is -2.15. The summed E-state index contributed by atoms with van der Waals surface area (Å²) in [5, 5.41) is 2.70. The van der Waals surface area contributed by atoms with Crippen molar-refractivity contribution in [1.29, 1.82) is 0 Å². The highest BCUT2D eigenvalue weighted by atomic mass is 35.5. The second kappa shape index (κ2) is 12.2. The molecule has 0 saturated carbocycles. The van der Waals surface area contributed by atoms with Crippen molar-refractivity contribution >= 4 is 63.8 Å². The van der Waals surface area contributed by atoms with Gasteiger partial charge in [0.2, 0.25) is 5.91 Å². The van der Waals surface area contributed by atoms with Gasteiger partial charge < -0.3 is 14.8 Å². The third kappa shape index (κ3) is 6.65. The van der Waals surface area contributed by atoms with Crippen LogP contribution in [0, 0.1) is 0 Å². The van der Waals surface area contributed by atoms with Crippen LogP contribution in [0.5, 0.6) is 11.5 Å². The highest BCUT2D eigenvalue weighted by molar-refractivity contribution is 8.18. The molecule has 4 rings (SSSR count). The molecule has 0 radical (unpaired) electrons. The summed E-state index contributed by atoms with van der Waals surface area (Å²) in [6.07, 6.45) is 1.53. The van der Waals surface area contributed by atoms with Crippen molar-refractivity contribution in [1.82, 2.24) is 4.90 Å². The topological polar surface area (TPSA) is 84.9 Å². The molecule has 190 valence electrons. The first-order valence-electron chi connectivity index (χ1n) is 11.3. The molecule has 3 aromatic carbocycles. The lowest BCUT2D eigenvalue weighted by molar-refractivity contribution is -0.127. The largest absolute Gasteiger partial charge is 0.490 e. The number of hydrogen-bond donors (Lipinski definition) is 1. The van der Waals surface area contributed by atoms with Crippen LogP contribution in [0.4, 0.5) is 10.5 Å². The van der Waals surface area contributed by atoms with Crippen molar-refractivity contribution in [3.8, 4) is 11.5 Å². The molecule has 1 fully saturated rings. The molecule has 0 aromatic heterocycles. The Morgan fingerprint density at radius 1 is 1.00 bits per heavy atom. The smallest absolute Gasteiger partial charge is 0.294 e. The van der Waals surface area contributed by atoms with Gasteiger partial charge in [-0.1, -0.05) is 65.7 Å². The van der Waals surface area contributed by atoms with Crippen LogP contribution < -0.4 is 14.8 Å². The number of amides is 3. The zero-order valence-corrected chi connectivity index (χ0v) is 22.0.